The van der Waals surface area contributed by atoms with Gasteiger partial charge in [0.1, 0.15) is 23.0 Å². The summed E-state index contributed by atoms with van der Waals surface area (Å²) in [5.74, 6) is 0.701. The fraction of sp³-hybridized carbons (Fsp3) is 0.217. The molecule has 0 saturated carbocycles. The highest BCUT2D eigenvalue weighted by atomic mass is 35.5. The normalized spacial score (nSPS) is 11.0. The van der Waals surface area contributed by atoms with Crippen molar-refractivity contribution in [2.45, 2.75) is 31.8 Å². The molecule has 3 N–H and O–H groups in total. The van der Waals surface area contributed by atoms with Crippen LogP contribution < -0.4 is 11.1 Å². The fourth-order valence-corrected chi connectivity index (χ4v) is 4.18. The van der Waals surface area contributed by atoms with Crippen LogP contribution >= 0.6 is 23.4 Å². The van der Waals surface area contributed by atoms with Crippen molar-refractivity contribution < 1.29 is 9.32 Å². The number of nitrogen functional groups attached to an aromatic ring is 1. The highest BCUT2D eigenvalue weighted by Crippen LogP contribution is 2.35. The molecule has 2 aromatic heterocycles. The zero-order valence-corrected chi connectivity index (χ0v) is 20.0. The molecule has 1 amide bonds. The number of nitrogens with one attached hydrogen (secondary N) is 1. The zero-order valence-electron chi connectivity index (χ0n) is 18.4. The molecule has 2 heterocycles. The van der Waals surface area contributed by atoms with Crippen molar-refractivity contribution in [1.82, 2.24) is 19.9 Å². The van der Waals surface area contributed by atoms with Crippen molar-refractivity contribution in [3.8, 4) is 22.8 Å². The number of hydrogen-bond acceptors (Lipinski definition) is 7. The second-order valence-corrected chi connectivity index (χ2v) is 8.60. The average molecular weight is 483 g/mol. The number of halogens is 1. The molecule has 0 aliphatic rings. The highest BCUT2D eigenvalue weighted by molar-refractivity contribution is 7.98. The number of anilines is 2. The summed E-state index contributed by atoms with van der Waals surface area (Å²) in [6, 6.07) is 13.1. The number of nitrogens with zero attached hydrogens (tertiary/aromatic N) is 4. The molecule has 33 heavy (non-hydrogen) atoms. The maximum absolute atomic E-state index is 12.8. The standard InChI is InChI=1S/C23H23ClN6O2S/c1-4-14-7-5-6-13(2)19(14)26-17(31)12-30-20(25)18(23(28-30)33-3)22-27-21(29-32-22)15-8-10-16(24)11-9-15/h5-11H,4,12,25H2,1-3H3,(H,26,31). The molecule has 0 saturated heterocycles. The first-order chi connectivity index (χ1) is 15.9. The summed E-state index contributed by atoms with van der Waals surface area (Å²) in [6.45, 7) is 3.97. The summed E-state index contributed by atoms with van der Waals surface area (Å²) >= 11 is 7.34. The molecule has 0 atom stereocenters. The second-order valence-electron chi connectivity index (χ2n) is 7.37. The largest absolute Gasteiger partial charge is 0.383 e. The molecule has 4 rings (SSSR count). The average Bonchev–Trinajstić information content (AvgIpc) is 3.40. The molecule has 0 fully saturated rings. The number of aromatic nitrogens is 4. The van der Waals surface area contributed by atoms with Crippen LogP contribution in [0.1, 0.15) is 18.1 Å². The molecule has 0 aliphatic carbocycles. The molecule has 4 aromatic rings. The summed E-state index contributed by atoms with van der Waals surface area (Å²) in [6.07, 6.45) is 2.68. The first-order valence-corrected chi connectivity index (χ1v) is 11.9. The van der Waals surface area contributed by atoms with Crippen LogP contribution in [0.4, 0.5) is 11.5 Å². The summed E-state index contributed by atoms with van der Waals surface area (Å²) < 4.78 is 6.93. The van der Waals surface area contributed by atoms with Gasteiger partial charge in [-0.25, -0.2) is 4.68 Å². The van der Waals surface area contributed by atoms with Gasteiger partial charge in [0.2, 0.25) is 11.7 Å². The lowest BCUT2D eigenvalue weighted by molar-refractivity contribution is -0.116. The molecule has 0 unspecified atom stereocenters. The SMILES string of the molecule is CCc1cccc(C)c1NC(=O)Cn1nc(SC)c(-c2nc(-c3ccc(Cl)cc3)no2)c1N. The van der Waals surface area contributed by atoms with E-state index >= 15 is 0 Å². The number of hydrogen-bond donors (Lipinski definition) is 2. The smallest absolute Gasteiger partial charge is 0.264 e. The number of thioether (sulfide) groups is 1. The van der Waals surface area contributed by atoms with Crippen molar-refractivity contribution in [3.05, 3.63) is 58.6 Å². The van der Waals surface area contributed by atoms with Gasteiger partial charge in [-0.3, -0.25) is 4.79 Å². The van der Waals surface area contributed by atoms with Crippen molar-refractivity contribution in [2.75, 3.05) is 17.3 Å². The first kappa shape index (κ1) is 22.9. The van der Waals surface area contributed by atoms with Crippen molar-refractivity contribution in [2.24, 2.45) is 0 Å². The Balaban J connectivity index is 1.60. The highest BCUT2D eigenvalue weighted by Gasteiger charge is 2.24. The number of carbonyl (C=O) groups excluding carboxylic acids is 1. The lowest BCUT2D eigenvalue weighted by Gasteiger charge is -2.13. The Morgan fingerprint density at radius 2 is 2.00 bits per heavy atom. The molecule has 10 heteroatoms. The molecular weight excluding hydrogens is 460 g/mol. The number of amides is 1. The third-order valence-electron chi connectivity index (χ3n) is 5.19. The van der Waals surface area contributed by atoms with Gasteiger partial charge in [0, 0.05) is 16.3 Å². The van der Waals surface area contributed by atoms with Gasteiger partial charge < -0.3 is 15.6 Å². The number of nitrogens with two attached hydrogens (primary N) is 1. The van der Waals surface area contributed by atoms with E-state index in [0.717, 1.165) is 28.8 Å². The van der Waals surface area contributed by atoms with E-state index < -0.39 is 0 Å². The van der Waals surface area contributed by atoms with E-state index in [1.807, 2.05) is 31.4 Å². The van der Waals surface area contributed by atoms with E-state index in [1.54, 1.807) is 24.3 Å². The topological polar surface area (TPSA) is 112 Å². The molecule has 2 aromatic carbocycles. The molecule has 8 nitrogen and oxygen atoms in total. The van der Waals surface area contributed by atoms with Crippen LogP contribution in [0.5, 0.6) is 0 Å². The molecule has 0 bridgehead atoms. The Labute approximate surface area is 200 Å². The molecular formula is C23H23ClN6O2S. The Bertz CT molecular complexity index is 1300. The predicted molar refractivity (Wildman–Crippen MR) is 131 cm³/mol. The zero-order chi connectivity index (χ0) is 23.5. The van der Waals surface area contributed by atoms with E-state index in [2.05, 4.69) is 27.5 Å². The molecule has 0 spiro atoms. The number of benzene rings is 2. The maximum Gasteiger partial charge on any atom is 0.264 e. The van der Waals surface area contributed by atoms with Gasteiger partial charge in [0.15, 0.2) is 0 Å². The Morgan fingerprint density at radius 3 is 2.70 bits per heavy atom. The molecule has 0 aliphatic heterocycles. The predicted octanol–water partition coefficient (Wildman–Crippen LogP) is 5.07. The third-order valence-corrected chi connectivity index (χ3v) is 6.12. The van der Waals surface area contributed by atoms with Gasteiger partial charge in [-0.2, -0.15) is 10.1 Å². The Hall–Kier alpha value is -3.30. The minimum absolute atomic E-state index is 0.0466. The quantitative estimate of drug-likeness (QED) is 0.354. The van der Waals surface area contributed by atoms with Gasteiger partial charge >= 0.3 is 0 Å². The Kier molecular flexibility index (Phi) is 6.71. The molecule has 0 radical (unpaired) electrons. The second kappa shape index (κ2) is 9.68. The van der Waals surface area contributed by atoms with Crippen LogP contribution in [-0.2, 0) is 17.8 Å². The monoisotopic (exact) mass is 482 g/mol. The Morgan fingerprint density at radius 1 is 1.24 bits per heavy atom. The van der Waals surface area contributed by atoms with Crippen molar-refractivity contribution in [1.29, 1.82) is 0 Å². The van der Waals surface area contributed by atoms with Crippen LogP contribution in [0.25, 0.3) is 22.8 Å². The van der Waals surface area contributed by atoms with E-state index in [1.165, 1.54) is 16.4 Å². The van der Waals surface area contributed by atoms with Crippen LogP contribution in [0.2, 0.25) is 5.02 Å². The van der Waals surface area contributed by atoms with Crippen LogP contribution in [0.3, 0.4) is 0 Å². The number of aryl methyl sites for hydroxylation is 2. The fourth-order valence-electron chi connectivity index (χ4n) is 3.47. The number of para-hydroxylation sites is 1. The minimum atomic E-state index is -0.222. The number of rotatable bonds is 7. The maximum atomic E-state index is 12.8. The molecule has 170 valence electrons. The lowest BCUT2D eigenvalue weighted by atomic mass is 10.1. The van der Waals surface area contributed by atoms with Gasteiger partial charge in [-0.1, -0.05) is 41.9 Å². The van der Waals surface area contributed by atoms with Gasteiger partial charge in [-0.05, 0) is 55.0 Å². The third kappa shape index (κ3) is 4.74. The van der Waals surface area contributed by atoms with Crippen molar-refractivity contribution >= 4 is 40.8 Å². The van der Waals surface area contributed by atoms with Crippen molar-refractivity contribution in [3.63, 3.8) is 0 Å². The lowest BCUT2D eigenvalue weighted by Crippen LogP contribution is -2.21. The van der Waals surface area contributed by atoms with Gasteiger partial charge in [0.25, 0.3) is 5.89 Å². The van der Waals surface area contributed by atoms with Gasteiger partial charge in [0.05, 0.1) is 0 Å². The number of carbonyl (C=O) groups is 1. The van der Waals surface area contributed by atoms with Crippen LogP contribution in [-0.4, -0.2) is 32.1 Å². The van der Waals surface area contributed by atoms with E-state index in [-0.39, 0.29) is 24.2 Å². The summed E-state index contributed by atoms with van der Waals surface area (Å²) in [5.41, 5.74) is 10.5. The summed E-state index contributed by atoms with van der Waals surface area (Å²) in [7, 11) is 0. The van der Waals surface area contributed by atoms with Crippen LogP contribution in [0, 0.1) is 6.92 Å². The van der Waals surface area contributed by atoms with E-state index in [4.69, 9.17) is 21.9 Å². The van der Waals surface area contributed by atoms with E-state index in [0.29, 0.717) is 21.4 Å². The minimum Gasteiger partial charge on any atom is -0.383 e. The first-order valence-electron chi connectivity index (χ1n) is 10.3. The van der Waals surface area contributed by atoms with Crippen LogP contribution in [0.15, 0.2) is 52.0 Å². The summed E-state index contributed by atoms with van der Waals surface area (Å²) in [4.78, 5) is 17.3. The van der Waals surface area contributed by atoms with E-state index in [9.17, 15) is 4.79 Å². The summed E-state index contributed by atoms with van der Waals surface area (Å²) in [5, 5.41) is 12.8. The van der Waals surface area contributed by atoms with Gasteiger partial charge in [-0.15, -0.1) is 11.8 Å².